The minimum atomic E-state index is 0.0787. The molecule has 0 bridgehead atoms. The maximum atomic E-state index is 5.62. The van der Waals surface area contributed by atoms with Crippen molar-refractivity contribution in [3.05, 3.63) is 23.8 Å². The molecule has 0 radical (unpaired) electrons. The van der Waals surface area contributed by atoms with Gasteiger partial charge in [0.15, 0.2) is 0 Å². The van der Waals surface area contributed by atoms with Gasteiger partial charge in [-0.25, -0.2) is 0 Å². The minimum Gasteiger partial charge on any atom is -0.497 e. The van der Waals surface area contributed by atoms with Crippen LogP contribution in [0.25, 0.3) is 0 Å². The van der Waals surface area contributed by atoms with Gasteiger partial charge in [0.1, 0.15) is 5.75 Å². The van der Waals surface area contributed by atoms with Gasteiger partial charge in [-0.2, -0.15) is 0 Å². The summed E-state index contributed by atoms with van der Waals surface area (Å²) < 4.78 is 11.0. The SMILES string of the molecule is COc1ccc2c(c1)C(N1CCOCC1(C)C)CN2. The molecule has 0 spiro atoms. The first kappa shape index (κ1) is 12.8. The van der Waals surface area contributed by atoms with Crippen LogP contribution < -0.4 is 10.1 Å². The lowest BCUT2D eigenvalue weighted by Crippen LogP contribution is -2.54. The van der Waals surface area contributed by atoms with Gasteiger partial charge in [-0.15, -0.1) is 0 Å². The van der Waals surface area contributed by atoms with Crippen molar-refractivity contribution in [1.29, 1.82) is 0 Å². The summed E-state index contributed by atoms with van der Waals surface area (Å²) >= 11 is 0. The predicted octanol–water partition coefficient (Wildman–Crippen LogP) is 2.27. The first-order chi connectivity index (χ1) is 9.12. The van der Waals surface area contributed by atoms with Gasteiger partial charge in [0, 0.05) is 24.3 Å². The number of rotatable bonds is 2. The van der Waals surface area contributed by atoms with E-state index in [-0.39, 0.29) is 5.54 Å². The van der Waals surface area contributed by atoms with Gasteiger partial charge < -0.3 is 14.8 Å². The van der Waals surface area contributed by atoms with Crippen LogP contribution in [-0.2, 0) is 4.74 Å². The van der Waals surface area contributed by atoms with Crippen LogP contribution in [0, 0.1) is 0 Å². The first-order valence-corrected chi connectivity index (χ1v) is 6.88. The molecule has 0 aromatic heterocycles. The average Bonchev–Trinajstić information content (AvgIpc) is 2.81. The summed E-state index contributed by atoms with van der Waals surface area (Å²) in [6.45, 7) is 8.07. The average molecular weight is 262 g/mol. The maximum absolute atomic E-state index is 5.62. The second-order valence-electron chi connectivity index (χ2n) is 5.91. The van der Waals surface area contributed by atoms with Crippen LogP contribution in [0.3, 0.4) is 0 Å². The Labute approximate surface area is 114 Å². The number of morpholine rings is 1. The fourth-order valence-corrected chi connectivity index (χ4v) is 3.15. The van der Waals surface area contributed by atoms with E-state index in [1.165, 1.54) is 11.3 Å². The molecule has 1 atom stereocenters. The van der Waals surface area contributed by atoms with E-state index < -0.39 is 0 Å². The zero-order valence-electron chi connectivity index (χ0n) is 11.9. The number of ether oxygens (including phenoxy) is 2. The summed E-state index contributed by atoms with van der Waals surface area (Å²) in [5.74, 6) is 0.929. The van der Waals surface area contributed by atoms with Gasteiger partial charge in [-0.3, -0.25) is 4.90 Å². The molecular weight excluding hydrogens is 240 g/mol. The molecular formula is C15H22N2O2. The van der Waals surface area contributed by atoms with E-state index in [9.17, 15) is 0 Å². The predicted molar refractivity (Wildman–Crippen MR) is 75.8 cm³/mol. The molecule has 1 fully saturated rings. The molecule has 2 aliphatic rings. The molecule has 0 aliphatic carbocycles. The number of hydrogen-bond acceptors (Lipinski definition) is 4. The molecule has 3 rings (SSSR count). The standard InChI is InChI=1S/C15H22N2O2/c1-15(2)10-19-7-6-17(15)14-9-16-13-5-4-11(18-3)8-12(13)14/h4-5,8,14,16H,6-7,9-10H2,1-3H3. The molecule has 2 aliphatic heterocycles. The van der Waals surface area contributed by atoms with E-state index in [4.69, 9.17) is 9.47 Å². The summed E-state index contributed by atoms with van der Waals surface area (Å²) in [6, 6.07) is 6.69. The quantitative estimate of drug-likeness (QED) is 0.886. The highest BCUT2D eigenvalue weighted by Gasteiger charge is 2.39. The normalized spacial score (nSPS) is 25.7. The van der Waals surface area contributed by atoms with E-state index in [2.05, 4.69) is 36.2 Å². The van der Waals surface area contributed by atoms with E-state index in [0.717, 1.165) is 32.1 Å². The Kier molecular flexibility index (Phi) is 3.15. The van der Waals surface area contributed by atoms with Gasteiger partial charge >= 0.3 is 0 Å². The van der Waals surface area contributed by atoms with Crippen molar-refractivity contribution in [3.63, 3.8) is 0 Å². The maximum Gasteiger partial charge on any atom is 0.119 e. The van der Waals surface area contributed by atoms with E-state index in [1.807, 2.05) is 6.07 Å². The van der Waals surface area contributed by atoms with Crippen molar-refractivity contribution >= 4 is 5.69 Å². The third-order valence-electron chi connectivity index (χ3n) is 4.19. The molecule has 19 heavy (non-hydrogen) atoms. The third-order valence-corrected chi connectivity index (χ3v) is 4.19. The molecule has 1 aromatic rings. The van der Waals surface area contributed by atoms with Crippen molar-refractivity contribution < 1.29 is 9.47 Å². The Hall–Kier alpha value is -1.26. The largest absolute Gasteiger partial charge is 0.497 e. The van der Waals surface area contributed by atoms with Crippen LogP contribution in [0.4, 0.5) is 5.69 Å². The Morgan fingerprint density at radius 1 is 1.42 bits per heavy atom. The summed E-state index contributed by atoms with van der Waals surface area (Å²) in [7, 11) is 1.72. The highest BCUT2D eigenvalue weighted by Crippen LogP contribution is 2.39. The Balaban J connectivity index is 1.92. The summed E-state index contributed by atoms with van der Waals surface area (Å²) in [4.78, 5) is 2.55. The highest BCUT2D eigenvalue weighted by atomic mass is 16.5. The van der Waals surface area contributed by atoms with E-state index in [1.54, 1.807) is 7.11 Å². The number of nitrogens with one attached hydrogen (secondary N) is 1. The summed E-state index contributed by atoms with van der Waals surface area (Å²) in [5, 5.41) is 3.50. The van der Waals surface area contributed by atoms with Crippen LogP contribution in [0.15, 0.2) is 18.2 Å². The van der Waals surface area contributed by atoms with Crippen molar-refractivity contribution in [2.75, 3.05) is 38.7 Å². The lowest BCUT2D eigenvalue weighted by Gasteiger charge is -2.45. The lowest BCUT2D eigenvalue weighted by molar-refractivity contribution is -0.0693. The van der Waals surface area contributed by atoms with Crippen LogP contribution in [-0.4, -0.2) is 43.9 Å². The van der Waals surface area contributed by atoms with Crippen LogP contribution in [0.2, 0.25) is 0 Å². The van der Waals surface area contributed by atoms with Crippen molar-refractivity contribution in [2.24, 2.45) is 0 Å². The second-order valence-corrected chi connectivity index (χ2v) is 5.91. The Morgan fingerprint density at radius 3 is 3.00 bits per heavy atom. The molecule has 0 amide bonds. The number of hydrogen-bond donors (Lipinski definition) is 1. The topological polar surface area (TPSA) is 33.7 Å². The number of anilines is 1. The summed E-state index contributed by atoms with van der Waals surface area (Å²) in [5.41, 5.74) is 2.65. The first-order valence-electron chi connectivity index (χ1n) is 6.88. The van der Waals surface area contributed by atoms with Gasteiger partial charge in [-0.1, -0.05) is 0 Å². The fourth-order valence-electron chi connectivity index (χ4n) is 3.15. The molecule has 1 unspecified atom stereocenters. The minimum absolute atomic E-state index is 0.0787. The van der Waals surface area contributed by atoms with Crippen molar-refractivity contribution in [1.82, 2.24) is 4.90 Å². The fraction of sp³-hybridized carbons (Fsp3) is 0.600. The van der Waals surface area contributed by atoms with Crippen LogP contribution in [0.1, 0.15) is 25.5 Å². The number of fused-ring (bicyclic) bond motifs is 1. The Morgan fingerprint density at radius 2 is 2.26 bits per heavy atom. The zero-order valence-corrected chi connectivity index (χ0v) is 11.9. The molecule has 1 aromatic carbocycles. The number of methoxy groups -OCH3 is 1. The highest BCUT2D eigenvalue weighted by molar-refractivity contribution is 5.60. The number of benzene rings is 1. The number of nitrogens with zero attached hydrogens (tertiary/aromatic N) is 1. The summed E-state index contributed by atoms with van der Waals surface area (Å²) in [6.07, 6.45) is 0. The van der Waals surface area contributed by atoms with Gasteiger partial charge in [0.05, 0.1) is 26.4 Å². The Bertz CT molecular complexity index is 473. The second kappa shape index (κ2) is 4.69. The van der Waals surface area contributed by atoms with E-state index in [0.29, 0.717) is 6.04 Å². The molecule has 1 N–H and O–H groups in total. The molecule has 1 saturated heterocycles. The van der Waals surface area contributed by atoms with Gasteiger partial charge in [0.25, 0.3) is 0 Å². The smallest absolute Gasteiger partial charge is 0.119 e. The molecule has 4 heteroatoms. The molecule has 0 saturated carbocycles. The van der Waals surface area contributed by atoms with Gasteiger partial charge in [-0.05, 0) is 37.6 Å². The van der Waals surface area contributed by atoms with Crippen LogP contribution in [0.5, 0.6) is 5.75 Å². The lowest BCUT2D eigenvalue weighted by atomic mass is 9.96. The molecule has 104 valence electrons. The third kappa shape index (κ3) is 2.19. The van der Waals surface area contributed by atoms with E-state index >= 15 is 0 Å². The molecule has 4 nitrogen and oxygen atoms in total. The van der Waals surface area contributed by atoms with Crippen LogP contribution >= 0.6 is 0 Å². The zero-order chi connectivity index (χ0) is 13.5. The monoisotopic (exact) mass is 262 g/mol. The van der Waals surface area contributed by atoms with Gasteiger partial charge in [0.2, 0.25) is 0 Å². The van der Waals surface area contributed by atoms with Crippen molar-refractivity contribution in [3.8, 4) is 5.75 Å². The van der Waals surface area contributed by atoms with Crippen molar-refractivity contribution in [2.45, 2.75) is 25.4 Å². The molecule has 2 heterocycles.